The molecule has 7 nitrogen and oxygen atoms in total. The molecule has 0 unspecified atom stereocenters. The van der Waals surface area contributed by atoms with Crippen molar-refractivity contribution in [2.75, 3.05) is 0 Å². The van der Waals surface area contributed by atoms with Gasteiger partial charge in [-0.15, -0.1) is 0 Å². The van der Waals surface area contributed by atoms with Gasteiger partial charge < -0.3 is 10.6 Å². The second-order valence-corrected chi connectivity index (χ2v) is 6.86. The highest BCUT2D eigenvalue weighted by Crippen LogP contribution is 2.19. The lowest BCUT2D eigenvalue weighted by atomic mass is 10.1. The standard InChI is InChI=1S/C23H21N3O4/c1-15-7-3-5-9-19(15)22(27)24-21(17-11-13-18(14-12-17)26(29)30)25-23(28)20-10-6-4-8-16(20)2/h3-14,21H,1-2H3,(H,24,27)(H,25,28). The predicted octanol–water partition coefficient (Wildman–Crippen LogP) is 4.07. The molecule has 3 rings (SSSR count). The monoisotopic (exact) mass is 403 g/mol. The second kappa shape index (κ2) is 9.00. The zero-order chi connectivity index (χ0) is 21.7. The maximum Gasteiger partial charge on any atom is 0.269 e. The van der Waals surface area contributed by atoms with Crippen LogP contribution in [-0.2, 0) is 0 Å². The van der Waals surface area contributed by atoms with Gasteiger partial charge in [0.1, 0.15) is 6.17 Å². The first-order valence-corrected chi connectivity index (χ1v) is 9.34. The third-order valence-electron chi connectivity index (χ3n) is 4.77. The van der Waals surface area contributed by atoms with Crippen molar-refractivity contribution in [3.63, 3.8) is 0 Å². The lowest BCUT2D eigenvalue weighted by Crippen LogP contribution is -2.41. The Labute approximate surface area is 173 Å². The van der Waals surface area contributed by atoms with Crippen molar-refractivity contribution in [1.29, 1.82) is 0 Å². The van der Waals surface area contributed by atoms with Crippen LogP contribution in [0.15, 0.2) is 72.8 Å². The number of carbonyl (C=O) groups excluding carboxylic acids is 2. The van der Waals surface area contributed by atoms with Crippen LogP contribution in [0.2, 0.25) is 0 Å². The van der Waals surface area contributed by atoms with Crippen molar-refractivity contribution in [1.82, 2.24) is 10.6 Å². The summed E-state index contributed by atoms with van der Waals surface area (Å²) in [4.78, 5) is 36.1. The van der Waals surface area contributed by atoms with E-state index in [1.54, 1.807) is 24.3 Å². The van der Waals surface area contributed by atoms with E-state index in [4.69, 9.17) is 0 Å². The molecule has 0 heterocycles. The fourth-order valence-electron chi connectivity index (χ4n) is 3.06. The SMILES string of the molecule is Cc1ccccc1C(=O)NC(NC(=O)c1ccccc1C)c1ccc([N+](=O)[O-])cc1. The minimum atomic E-state index is -0.870. The number of nitrogens with one attached hydrogen (secondary N) is 2. The molecule has 0 saturated carbocycles. The van der Waals surface area contributed by atoms with E-state index in [-0.39, 0.29) is 17.5 Å². The number of non-ortho nitro benzene ring substituents is 1. The zero-order valence-electron chi connectivity index (χ0n) is 16.6. The van der Waals surface area contributed by atoms with Gasteiger partial charge in [0, 0.05) is 23.3 Å². The van der Waals surface area contributed by atoms with Crippen molar-refractivity contribution in [3.05, 3.63) is 111 Å². The molecule has 3 aromatic rings. The number of hydrogen-bond acceptors (Lipinski definition) is 4. The molecule has 0 saturated heterocycles. The Morgan fingerprint density at radius 2 is 1.20 bits per heavy atom. The molecule has 0 radical (unpaired) electrons. The number of nitrogens with zero attached hydrogens (tertiary/aromatic N) is 1. The number of amides is 2. The third-order valence-corrected chi connectivity index (χ3v) is 4.77. The quantitative estimate of drug-likeness (QED) is 0.368. The fraction of sp³-hybridized carbons (Fsp3) is 0.130. The largest absolute Gasteiger partial charge is 0.328 e. The molecule has 7 heteroatoms. The first-order chi connectivity index (χ1) is 14.4. The summed E-state index contributed by atoms with van der Waals surface area (Å²) in [5.41, 5.74) is 2.99. The van der Waals surface area contributed by atoms with E-state index >= 15 is 0 Å². The van der Waals surface area contributed by atoms with Gasteiger partial charge in [0.25, 0.3) is 17.5 Å². The molecule has 0 aliphatic rings. The lowest BCUT2D eigenvalue weighted by Gasteiger charge is -2.22. The third kappa shape index (κ3) is 4.70. The van der Waals surface area contributed by atoms with Crippen LogP contribution < -0.4 is 10.6 Å². The maximum absolute atomic E-state index is 12.8. The van der Waals surface area contributed by atoms with Crippen molar-refractivity contribution >= 4 is 17.5 Å². The van der Waals surface area contributed by atoms with Crippen LogP contribution in [0.25, 0.3) is 0 Å². The van der Waals surface area contributed by atoms with Crippen LogP contribution in [0.3, 0.4) is 0 Å². The highest BCUT2D eigenvalue weighted by Gasteiger charge is 2.21. The number of carbonyl (C=O) groups is 2. The van der Waals surface area contributed by atoms with E-state index in [9.17, 15) is 19.7 Å². The van der Waals surface area contributed by atoms with Crippen molar-refractivity contribution < 1.29 is 14.5 Å². The minimum absolute atomic E-state index is 0.0760. The van der Waals surface area contributed by atoms with E-state index < -0.39 is 11.1 Å². The highest BCUT2D eigenvalue weighted by molar-refractivity contribution is 5.98. The van der Waals surface area contributed by atoms with Gasteiger partial charge in [-0.05, 0) is 54.8 Å². The molecule has 3 aromatic carbocycles. The van der Waals surface area contributed by atoms with E-state index in [2.05, 4.69) is 10.6 Å². The number of nitro benzene ring substituents is 1. The smallest absolute Gasteiger partial charge is 0.269 e. The average Bonchev–Trinajstić information content (AvgIpc) is 2.73. The van der Waals surface area contributed by atoms with Crippen molar-refractivity contribution in [3.8, 4) is 0 Å². The molecular formula is C23H21N3O4. The molecule has 0 bridgehead atoms. The first kappa shape index (κ1) is 20.7. The summed E-state index contributed by atoms with van der Waals surface area (Å²) in [6.45, 7) is 3.64. The van der Waals surface area contributed by atoms with Crippen LogP contribution in [0.5, 0.6) is 0 Å². The van der Waals surface area contributed by atoms with E-state index in [1.165, 1.54) is 24.3 Å². The summed E-state index contributed by atoms with van der Waals surface area (Å²) in [5, 5.41) is 16.6. The number of benzene rings is 3. The number of rotatable bonds is 6. The number of hydrogen-bond donors (Lipinski definition) is 2. The molecular weight excluding hydrogens is 382 g/mol. The summed E-state index contributed by atoms with van der Waals surface area (Å²) in [5.74, 6) is -0.719. The van der Waals surface area contributed by atoms with Gasteiger partial charge in [0.2, 0.25) is 0 Å². The van der Waals surface area contributed by atoms with Crippen LogP contribution >= 0.6 is 0 Å². The van der Waals surface area contributed by atoms with Gasteiger partial charge in [-0.2, -0.15) is 0 Å². The second-order valence-electron chi connectivity index (χ2n) is 6.86. The Morgan fingerprint density at radius 3 is 1.60 bits per heavy atom. The Morgan fingerprint density at radius 1 is 0.767 bits per heavy atom. The molecule has 0 aromatic heterocycles. The summed E-state index contributed by atoms with van der Waals surface area (Å²) in [7, 11) is 0. The molecule has 2 amide bonds. The van der Waals surface area contributed by atoms with Crippen LogP contribution in [0, 0.1) is 24.0 Å². The van der Waals surface area contributed by atoms with Crippen molar-refractivity contribution in [2.24, 2.45) is 0 Å². The van der Waals surface area contributed by atoms with Gasteiger partial charge in [-0.1, -0.05) is 36.4 Å². The number of aryl methyl sites for hydroxylation is 2. The Kier molecular flexibility index (Phi) is 6.22. The highest BCUT2D eigenvalue weighted by atomic mass is 16.6. The van der Waals surface area contributed by atoms with Crippen molar-refractivity contribution in [2.45, 2.75) is 20.0 Å². The molecule has 0 spiro atoms. The van der Waals surface area contributed by atoms with Gasteiger partial charge in [0.05, 0.1) is 4.92 Å². The molecule has 2 N–H and O–H groups in total. The predicted molar refractivity (Wildman–Crippen MR) is 113 cm³/mol. The van der Waals surface area contributed by atoms with Crippen LogP contribution in [0.1, 0.15) is 43.6 Å². The molecule has 0 fully saturated rings. The molecule has 152 valence electrons. The molecule has 0 aliphatic carbocycles. The Hall–Kier alpha value is -4.00. The summed E-state index contributed by atoms with van der Waals surface area (Å²) < 4.78 is 0. The zero-order valence-corrected chi connectivity index (χ0v) is 16.6. The average molecular weight is 403 g/mol. The minimum Gasteiger partial charge on any atom is -0.328 e. The van der Waals surface area contributed by atoms with Crippen LogP contribution in [-0.4, -0.2) is 16.7 Å². The fourth-order valence-corrected chi connectivity index (χ4v) is 3.06. The van der Waals surface area contributed by atoms with Crippen LogP contribution in [0.4, 0.5) is 5.69 Å². The van der Waals surface area contributed by atoms with E-state index in [0.29, 0.717) is 16.7 Å². The van der Waals surface area contributed by atoms with Gasteiger partial charge >= 0.3 is 0 Å². The Bertz CT molecular complexity index is 1030. The topological polar surface area (TPSA) is 101 Å². The van der Waals surface area contributed by atoms with Gasteiger partial charge in [-0.3, -0.25) is 19.7 Å². The molecule has 0 aliphatic heterocycles. The summed E-state index contributed by atoms with van der Waals surface area (Å²) >= 11 is 0. The van der Waals surface area contributed by atoms with E-state index in [1.807, 2.05) is 38.1 Å². The molecule has 30 heavy (non-hydrogen) atoms. The van der Waals surface area contributed by atoms with E-state index in [0.717, 1.165) is 11.1 Å². The maximum atomic E-state index is 12.8. The van der Waals surface area contributed by atoms with Gasteiger partial charge in [-0.25, -0.2) is 0 Å². The Balaban J connectivity index is 1.91. The number of nitro groups is 1. The summed E-state index contributed by atoms with van der Waals surface area (Å²) in [6.07, 6.45) is -0.870. The summed E-state index contributed by atoms with van der Waals surface area (Å²) in [6, 6.07) is 19.9. The lowest BCUT2D eigenvalue weighted by molar-refractivity contribution is -0.384. The van der Waals surface area contributed by atoms with Gasteiger partial charge in [0.15, 0.2) is 0 Å². The first-order valence-electron chi connectivity index (χ1n) is 9.34. The molecule has 0 atom stereocenters. The normalized spacial score (nSPS) is 10.5.